The molecule has 5 nitrogen and oxygen atoms in total. The molecule has 0 aliphatic heterocycles. The fourth-order valence-electron chi connectivity index (χ4n) is 0.238. The lowest BCUT2D eigenvalue weighted by Gasteiger charge is -1.83. The van der Waals surface area contributed by atoms with Crippen LogP contribution < -0.4 is 5.84 Å². The van der Waals surface area contributed by atoms with E-state index in [1.54, 1.807) is 0 Å². The monoisotopic (exact) mass is 100 g/mol. The number of rotatable bonds is 0. The zero-order chi connectivity index (χ0) is 5.28. The second-order valence-electron chi connectivity index (χ2n) is 1.04. The Labute approximate surface area is 39.3 Å². The fourth-order valence-corrected chi connectivity index (χ4v) is 0.238. The molecule has 0 aliphatic carbocycles. The van der Waals surface area contributed by atoms with Crippen LogP contribution in [-0.2, 0) is 0 Å². The lowest BCUT2D eigenvalue weighted by molar-refractivity contribution is 0.427. The van der Waals surface area contributed by atoms with Crippen LogP contribution in [0.15, 0.2) is 6.20 Å². The first kappa shape index (κ1) is 3.91. The molecule has 0 aliphatic rings. The van der Waals surface area contributed by atoms with Crippen LogP contribution in [0.3, 0.4) is 0 Å². The van der Waals surface area contributed by atoms with Gasteiger partial charge in [-0.2, -0.15) is 0 Å². The number of nitrogen functional groups attached to an aromatic ring is 1. The third kappa shape index (κ3) is 0.466. The Kier molecular flexibility index (Phi) is 0.619. The summed E-state index contributed by atoms with van der Waals surface area (Å²) in [5.41, 5.74) is 0. The smallest absolute Gasteiger partial charge is 0.250 e. The van der Waals surface area contributed by atoms with Gasteiger partial charge in [-0.1, -0.05) is 0 Å². The highest BCUT2D eigenvalue weighted by Gasteiger charge is 1.90. The van der Waals surface area contributed by atoms with Gasteiger partial charge < -0.3 is 10.9 Å². The minimum atomic E-state index is -0.139. The molecule has 1 aromatic rings. The van der Waals surface area contributed by atoms with E-state index >= 15 is 0 Å². The molecular weight excluding hydrogens is 96.0 g/mol. The van der Waals surface area contributed by atoms with Gasteiger partial charge in [-0.3, -0.25) is 0 Å². The Morgan fingerprint density at radius 1 is 1.86 bits per heavy atom. The van der Waals surface area contributed by atoms with Gasteiger partial charge in [-0.15, -0.1) is 9.89 Å². The van der Waals surface area contributed by atoms with Crippen molar-refractivity contribution >= 4 is 0 Å². The van der Waals surface area contributed by atoms with E-state index in [1.165, 1.54) is 0 Å². The molecule has 38 valence electrons. The molecule has 0 aromatic carbocycles. The van der Waals surface area contributed by atoms with Crippen molar-refractivity contribution in [2.24, 2.45) is 0 Å². The molecule has 0 bridgehead atoms. The normalized spacial score (nSPS) is 9.14. The lowest BCUT2D eigenvalue weighted by atomic mass is 10.9. The summed E-state index contributed by atoms with van der Waals surface area (Å²) >= 11 is 0. The number of hydrogen-bond donors (Lipinski definition) is 2. The minimum absolute atomic E-state index is 0.139. The maximum absolute atomic E-state index is 8.47. The summed E-state index contributed by atoms with van der Waals surface area (Å²) in [6.07, 6.45) is 1.15. The summed E-state index contributed by atoms with van der Waals surface area (Å²) < 4.78 is 0. The first-order chi connectivity index (χ1) is 3.30. The molecular formula is C2H4N4O. The van der Waals surface area contributed by atoms with Gasteiger partial charge >= 0.3 is 0 Å². The molecule has 0 saturated carbocycles. The second kappa shape index (κ2) is 1.11. The average Bonchev–Trinajstić information content (AvgIpc) is 1.91. The van der Waals surface area contributed by atoms with Crippen molar-refractivity contribution in [2.45, 2.75) is 0 Å². The molecule has 0 amide bonds. The number of aromatic nitrogens is 3. The topological polar surface area (TPSA) is 77.0 Å². The third-order valence-corrected chi connectivity index (χ3v) is 0.556. The van der Waals surface area contributed by atoms with Gasteiger partial charge in [-0.25, -0.2) is 0 Å². The van der Waals surface area contributed by atoms with E-state index < -0.39 is 0 Å². The van der Waals surface area contributed by atoms with Crippen molar-refractivity contribution in [3.8, 4) is 5.88 Å². The van der Waals surface area contributed by atoms with Gasteiger partial charge in [0.15, 0.2) is 0 Å². The van der Waals surface area contributed by atoms with E-state index in [9.17, 15) is 0 Å². The molecule has 0 unspecified atom stereocenters. The number of nitrogens with zero attached hydrogens (tertiary/aromatic N) is 3. The highest BCUT2D eigenvalue weighted by Crippen LogP contribution is 1.95. The predicted octanol–water partition coefficient (Wildman–Crippen LogP) is -1.30. The highest BCUT2D eigenvalue weighted by atomic mass is 16.3. The number of nitrogens with two attached hydrogens (primary N) is 1. The quantitative estimate of drug-likeness (QED) is 0.397. The standard InChI is InChI=1S/C2H4N4O/c3-6-2(7)1-4-5-6/h1,7H,3H2. The first-order valence-corrected chi connectivity index (χ1v) is 1.65. The van der Waals surface area contributed by atoms with E-state index in [4.69, 9.17) is 10.9 Å². The first-order valence-electron chi connectivity index (χ1n) is 1.65. The van der Waals surface area contributed by atoms with Gasteiger partial charge in [-0.05, 0) is 5.21 Å². The van der Waals surface area contributed by atoms with E-state index in [0.717, 1.165) is 11.0 Å². The molecule has 1 aromatic heterocycles. The van der Waals surface area contributed by atoms with E-state index in [0.29, 0.717) is 0 Å². The van der Waals surface area contributed by atoms with Crippen LogP contribution in [-0.4, -0.2) is 20.2 Å². The number of hydrogen-bond acceptors (Lipinski definition) is 4. The largest absolute Gasteiger partial charge is 0.491 e. The molecule has 0 saturated heterocycles. The summed E-state index contributed by atoms with van der Waals surface area (Å²) in [5, 5.41) is 14.9. The highest BCUT2D eigenvalue weighted by molar-refractivity contribution is 4.96. The maximum Gasteiger partial charge on any atom is 0.250 e. The molecule has 0 spiro atoms. The summed E-state index contributed by atoms with van der Waals surface area (Å²) in [6.45, 7) is 0. The summed E-state index contributed by atoms with van der Waals surface area (Å²) in [6, 6.07) is 0. The third-order valence-electron chi connectivity index (χ3n) is 0.556. The summed E-state index contributed by atoms with van der Waals surface area (Å²) in [4.78, 5) is 0.778. The van der Waals surface area contributed by atoms with Crippen molar-refractivity contribution in [1.82, 2.24) is 15.1 Å². The van der Waals surface area contributed by atoms with Crippen molar-refractivity contribution in [3.63, 3.8) is 0 Å². The molecule has 0 fully saturated rings. The van der Waals surface area contributed by atoms with Gasteiger partial charge in [0.2, 0.25) is 5.88 Å². The molecule has 5 heteroatoms. The Hall–Kier alpha value is -1.26. The van der Waals surface area contributed by atoms with Gasteiger partial charge in [0.05, 0.1) is 0 Å². The fraction of sp³-hybridized carbons (Fsp3) is 0. The second-order valence-corrected chi connectivity index (χ2v) is 1.04. The SMILES string of the molecule is Nn1nncc1O. The zero-order valence-electron chi connectivity index (χ0n) is 3.44. The van der Waals surface area contributed by atoms with Crippen LogP contribution in [0.4, 0.5) is 0 Å². The molecule has 0 atom stereocenters. The van der Waals surface area contributed by atoms with Crippen LogP contribution in [0.1, 0.15) is 0 Å². The molecule has 7 heavy (non-hydrogen) atoms. The summed E-state index contributed by atoms with van der Waals surface area (Å²) in [7, 11) is 0. The van der Waals surface area contributed by atoms with Gasteiger partial charge in [0.1, 0.15) is 6.20 Å². The predicted molar refractivity (Wildman–Crippen MR) is 21.8 cm³/mol. The maximum atomic E-state index is 8.47. The van der Waals surface area contributed by atoms with E-state index in [-0.39, 0.29) is 5.88 Å². The van der Waals surface area contributed by atoms with Crippen LogP contribution in [0, 0.1) is 0 Å². The van der Waals surface area contributed by atoms with Crippen molar-refractivity contribution in [2.75, 3.05) is 5.84 Å². The van der Waals surface area contributed by atoms with Crippen molar-refractivity contribution < 1.29 is 5.11 Å². The molecule has 0 radical (unpaired) electrons. The van der Waals surface area contributed by atoms with E-state index in [2.05, 4.69) is 10.3 Å². The summed E-state index contributed by atoms with van der Waals surface area (Å²) in [5.74, 6) is 4.79. The zero-order valence-corrected chi connectivity index (χ0v) is 3.44. The molecule has 3 N–H and O–H groups in total. The van der Waals surface area contributed by atoms with Crippen molar-refractivity contribution in [3.05, 3.63) is 6.20 Å². The van der Waals surface area contributed by atoms with Gasteiger partial charge in [0.25, 0.3) is 0 Å². The van der Waals surface area contributed by atoms with Crippen molar-refractivity contribution in [1.29, 1.82) is 0 Å². The van der Waals surface area contributed by atoms with Crippen LogP contribution in [0.2, 0.25) is 0 Å². The average molecular weight is 100 g/mol. The molecule has 1 heterocycles. The lowest BCUT2D eigenvalue weighted by Crippen LogP contribution is -2.08. The Morgan fingerprint density at radius 3 is 2.71 bits per heavy atom. The van der Waals surface area contributed by atoms with Crippen LogP contribution in [0.5, 0.6) is 5.88 Å². The van der Waals surface area contributed by atoms with E-state index in [1.807, 2.05) is 0 Å². The van der Waals surface area contributed by atoms with Crippen LogP contribution in [0.25, 0.3) is 0 Å². The minimum Gasteiger partial charge on any atom is -0.491 e. The van der Waals surface area contributed by atoms with Crippen LogP contribution >= 0.6 is 0 Å². The molecule has 1 rings (SSSR count). The number of aromatic hydroxyl groups is 1. The van der Waals surface area contributed by atoms with Gasteiger partial charge in [0, 0.05) is 0 Å². The Balaban J connectivity index is 3.12. The Morgan fingerprint density at radius 2 is 2.57 bits per heavy atom. The Bertz CT molecular complexity index is 142.